The molecule has 0 saturated heterocycles. The van der Waals surface area contributed by atoms with E-state index >= 15 is 0 Å². The first-order chi connectivity index (χ1) is 3.43. The summed E-state index contributed by atoms with van der Waals surface area (Å²) in [5.74, 6) is 0.597. The Hall–Kier alpha value is -0.510. The van der Waals surface area contributed by atoms with E-state index in [1.165, 1.54) is 6.33 Å². The zero-order valence-corrected chi connectivity index (χ0v) is 4.55. The Labute approximate surface area is 46.8 Å². The van der Waals surface area contributed by atoms with Crippen LogP contribution < -0.4 is 0 Å². The van der Waals surface area contributed by atoms with Gasteiger partial charge in [0.15, 0.2) is 0 Å². The van der Waals surface area contributed by atoms with Crippen LogP contribution in [-0.2, 0) is 5.88 Å². The van der Waals surface area contributed by atoms with E-state index in [9.17, 15) is 0 Å². The molecule has 0 aliphatic carbocycles. The molecule has 0 radical (unpaired) electrons. The predicted octanol–water partition coefficient (Wildman–Crippen LogP) is 0.165. The zero-order valence-electron chi connectivity index (χ0n) is 3.65. The van der Waals surface area contributed by atoms with E-state index in [0.29, 0.717) is 5.88 Å². The Morgan fingerprint density at radius 2 is 2.57 bits per heavy atom. The summed E-state index contributed by atoms with van der Waals surface area (Å²) < 4.78 is 1.63. The summed E-state index contributed by atoms with van der Waals surface area (Å²) in [6, 6.07) is 0. The normalized spacial score (nSPS) is 9.29. The molecule has 0 saturated carbocycles. The molecule has 0 amide bonds. The van der Waals surface area contributed by atoms with Gasteiger partial charge in [0.2, 0.25) is 0 Å². The minimum absolute atomic E-state index is 0.597. The molecule has 0 aromatic carbocycles. The molecule has 1 heterocycles. The molecule has 1 aromatic rings. The molecule has 0 aliphatic rings. The summed E-state index contributed by atoms with van der Waals surface area (Å²) in [7, 11) is 0. The molecule has 0 aliphatic heterocycles. The van der Waals surface area contributed by atoms with Crippen molar-refractivity contribution in [2.24, 2.45) is 0 Å². The molecular weight excluding hydrogens is 110 g/mol. The lowest BCUT2D eigenvalue weighted by Crippen LogP contribution is -1.89. The van der Waals surface area contributed by atoms with Crippen molar-refractivity contribution in [1.29, 1.82) is 0 Å². The highest BCUT2D eigenvalue weighted by molar-refractivity contribution is 7.79. The fraction of sp³-hybridized carbons (Fsp3) is 0.333. The van der Waals surface area contributed by atoms with Crippen LogP contribution in [0.25, 0.3) is 0 Å². The van der Waals surface area contributed by atoms with Gasteiger partial charge in [-0.25, -0.2) is 9.67 Å². The van der Waals surface area contributed by atoms with Crippen LogP contribution in [0.5, 0.6) is 0 Å². The SMILES string of the molecule is SCn1cncn1. The van der Waals surface area contributed by atoms with Crippen molar-refractivity contribution >= 4 is 12.6 Å². The molecule has 0 spiro atoms. The first-order valence-electron chi connectivity index (χ1n) is 1.87. The van der Waals surface area contributed by atoms with Crippen LogP contribution in [0, 0.1) is 0 Å². The van der Waals surface area contributed by atoms with Gasteiger partial charge in [-0.2, -0.15) is 17.7 Å². The quantitative estimate of drug-likeness (QED) is 0.529. The van der Waals surface area contributed by atoms with E-state index in [4.69, 9.17) is 0 Å². The van der Waals surface area contributed by atoms with Gasteiger partial charge in [-0.1, -0.05) is 0 Å². The second-order valence-electron chi connectivity index (χ2n) is 1.08. The topological polar surface area (TPSA) is 30.7 Å². The standard InChI is InChI=1S/C3H5N3S/c7-3-6-2-4-1-5-6/h1-2,7H,3H2. The van der Waals surface area contributed by atoms with Crippen molar-refractivity contribution in [2.75, 3.05) is 0 Å². The molecule has 1 aromatic heterocycles. The van der Waals surface area contributed by atoms with Crippen molar-refractivity contribution in [2.45, 2.75) is 5.88 Å². The van der Waals surface area contributed by atoms with E-state index in [1.807, 2.05) is 0 Å². The maximum absolute atomic E-state index is 3.94. The lowest BCUT2D eigenvalue weighted by Gasteiger charge is -1.84. The first-order valence-corrected chi connectivity index (χ1v) is 2.50. The summed E-state index contributed by atoms with van der Waals surface area (Å²) in [6.45, 7) is 0. The maximum Gasteiger partial charge on any atom is 0.137 e. The zero-order chi connectivity index (χ0) is 5.11. The van der Waals surface area contributed by atoms with Gasteiger partial charge < -0.3 is 0 Å². The molecular formula is C3H5N3S. The average Bonchev–Trinajstić information content (AvgIpc) is 2.14. The molecule has 3 nitrogen and oxygen atoms in total. The molecule has 0 N–H and O–H groups in total. The lowest BCUT2D eigenvalue weighted by molar-refractivity contribution is 0.752. The van der Waals surface area contributed by atoms with E-state index in [0.717, 1.165) is 0 Å². The third kappa shape index (κ3) is 0.928. The highest BCUT2D eigenvalue weighted by atomic mass is 32.1. The van der Waals surface area contributed by atoms with Crippen molar-refractivity contribution in [1.82, 2.24) is 14.8 Å². The van der Waals surface area contributed by atoms with Crippen LogP contribution in [0.3, 0.4) is 0 Å². The Kier molecular flexibility index (Phi) is 1.31. The molecule has 0 bridgehead atoms. The van der Waals surface area contributed by atoms with Gasteiger partial charge in [-0.05, 0) is 0 Å². The van der Waals surface area contributed by atoms with E-state index in [-0.39, 0.29) is 0 Å². The monoisotopic (exact) mass is 115 g/mol. The van der Waals surface area contributed by atoms with Crippen molar-refractivity contribution < 1.29 is 0 Å². The summed E-state index contributed by atoms with van der Waals surface area (Å²) in [6.07, 6.45) is 3.10. The van der Waals surface area contributed by atoms with Crippen LogP contribution >= 0.6 is 12.6 Å². The van der Waals surface area contributed by atoms with Gasteiger partial charge >= 0.3 is 0 Å². The second kappa shape index (κ2) is 1.97. The van der Waals surface area contributed by atoms with Crippen LogP contribution in [-0.4, -0.2) is 14.8 Å². The van der Waals surface area contributed by atoms with Gasteiger partial charge in [0.05, 0.1) is 5.88 Å². The number of nitrogens with zero attached hydrogens (tertiary/aromatic N) is 3. The Morgan fingerprint density at radius 1 is 1.71 bits per heavy atom. The summed E-state index contributed by atoms with van der Waals surface area (Å²) in [4.78, 5) is 3.70. The molecule has 0 atom stereocenters. The molecule has 38 valence electrons. The van der Waals surface area contributed by atoms with E-state index in [2.05, 4.69) is 22.7 Å². The third-order valence-corrected chi connectivity index (χ3v) is 0.901. The van der Waals surface area contributed by atoms with Crippen molar-refractivity contribution in [3.05, 3.63) is 12.7 Å². The van der Waals surface area contributed by atoms with Crippen LogP contribution in [0.15, 0.2) is 12.7 Å². The van der Waals surface area contributed by atoms with Gasteiger partial charge in [-0.3, -0.25) is 0 Å². The van der Waals surface area contributed by atoms with E-state index in [1.54, 1.807) is 11.0 Å². The number of hydrogen-bond donors (Lipinski definition) is 1. The fourth-order valence-corrected chi connectivity index (χ4v) is 0.452. The molecule has 0 unspecified atom stereocenters. The van der Waals surface area contributed by atoms with Crippen LogP contribution in [0.1, 0.15) is 0 Å². The summed E-state index contributed by atoms with van der Waals surface area (Å²) >= 11 is 3.94. The largest absolute Gasteiger partial charge is 0.243 e. The summed E-state index contributed by atoms with van der Waals surface area (Å²) in [5, 5.41) is 3.76. The van der Waals surface area contributed by atoms with Gasteiger partial charge in [-0.15, -0.1) is 0 Å². The van der Waals surface area contributed by atoms with Gasteiger partial charge in [0, 0.05) is 0 Å². The Morgan fingerprint density at radius 3 is 2.86 bits per heavy atom. The minimum Gasteiger partial charge on any atom is -0.243 e. The maximum atomic E-state index is 3.94. The minimum atomic E-state index is 0.597. The van der Waals surface area contributed by atoms with Crippen molar-refractivity contribution in [3.8, 4) is 0 Å². The molecule has 0 fully saturated rings. The third-order valence-electron chi connectivity index (χ3n) is 0.611. The lowest BCUT2D eigenvalue weighted by atomic mass is 11.2. The number of aromatic nitrogens is 3. The molecule has 1 rings (SSSR count). The molecule has 4 heteroatoms. The highest BCUT2D eigenvalue weighted by Crippen LogP contribution is 1.80. The summed E-state index contributed by atoms with van der Waals surface area (Å²) in [5.41, 5.74) is 0. The van der Waals surface area contributed by atoms with Crippen molar-refractivity contribution in [3.63, 3.8) is 0 Å². The second-order valence-corrected chi connectivity index (χ2v) is 1.36. The smallest absolute Gasteiger partial charge is 0.137 e. The van der Waals surface area contributed by atoms with Crippen LogP contribution in [0.4, 0.5) is 0 Å². The number of thiol groups is 1. The van der Waals surface area contributed by atoms with Crippen LogP contribution in [0.2, 0.25) is 0 Å². The number of hydrogen-bond acceptors (Lipinski definition) is 3. The Balaban J connectivity index is 2.76. The molecule has 7 heavy (non-hydrogen) atoms. The highest BCUT2D eigenvalue weighted by Gasteiger charge is 1.79. The Bertz CT molecular complexity index is 125. The van der Waals surface area contributed by atoms with E-state index < -0.39 is 0 Å². The fourth-order valence-electron chi connectivity index (χ4n) is 0.306. The number of rotatable bonds is 1. The van der Waals surface area contributed by atoms with Gasteiger partial charge in [0.25, 0.3) is 0 Å². The predicted molar refractivity (Wildman–Crippen MR) is 29.0 cm³/mol. The first kappa shape index (κ1) is 4.64. The van der Waals surface area contributed by atoms with Gasteiger partial charge in [0.1, 0.15) is 12.7 Å². The average molecular weight is 115 g/mol.